The fourth-order valence-corrected chi connectivity index (χ4v) is 4.17. The average Bonchev–Trinajstić information content (AvgIpc) is 2.87. The van der Waals surface area contributed by atoms with Crippen molar-refractivity contribution in [1.29, 1.82) is 0 Å². The summed E-state index contributed by atoms with van der Waals surface area (Å²) in [6.45, 7) is 7.58. The molecule has 20 heavy (non-hydrogen) atoms. The van der Waals surface area contributed by atoms with Gasteiger partial charge >= 0.3 is 0 Å². The fourth-order valence-electron chi connectivity index (χ4n) is 2.72. The molecular weight excluding hydrogens is 266 g/mol. The van der Waals surface area contributed by atoms with Crippen LogP contribution in [0.5, 0.6) is 0 Å². The molecule has 1 N–H and O–H groups in total. The van der Waals surface area contributed by atoms with Crippen LogP contribution in [-0.2, 0) is 11.2 Å². The van der Waals surface area contributed by atoms with Gasteiger partial charge in [-0.25, -0.2) is 0 Å². The Hall–Kier alpha value is -0.510. The van der Waals surface area contributed by atoms with E-state index in [1.807, 2.05) is 18.9 Å². The molecule has 0 fully saturated rings. The third-order valence-electron chi connectivity index (χ3n) is 4.20. The summed E-state index contributed by atoms with van der Waals surface area (Å²) >= 11 is 2.04. The molecule has 1 aromatic rings. The van der Waals surface area contributed by atoms with Gasteiger partial charge in [0.2, 0.25) is 0 Å². The van der Waals surface area contributed by atoms with E-state index in [4.69, 9.17) is 4.74 Å². The Morgan fingerprint density at radius 2 is 2.15 bits per heavy atom. The second-order valence-corrected chi connectivity index (χ2v) is 7.42. The molecule has 0 saturated carbocycles. The van der Waals surface area contributed by atoms with Crippen LogP contribution in [0.15, 0.2) is 29.2 Å². The van der Waals surface area contributed by atoms with Gasteiger partial charge in [-0.3, -0.25) is 0 Å². The van der Waals surface area contributed by atoms with Gasteiger partial charge in [0, 0.05) is 23.3 Å². The standard InChI is InChI=1S/C17H27NOS/c1-5-18-14(10-11-17(2,3)19-4)16-12-13-8-6-7-9-15(13)20-16/h6-9,14,16,18H,5,10-12H2,1-4H3. The minimum atomic E-state index is -0.0240. The van der Waals surface area contributed by atoms with E-state index >= 15 is 0 Å². The maximum atomic E-state index is 5.56. The van der Waals surface area contributed by atoms with E-state index in [2.05, 4.69) is 50.4 Å². The van der Waals surface area contributed by atoms with Crippen molar-refractivity contribution in [1.82, 2.24) is 5.32 Å². The summed E-state index contributed by atoms with van der Waals surface area (Å²) in [7, 11) is 1.81. The summed E-state index contributed by atoms with van der Waals surface area (Å²) < 4.78 is 5.56. The first kappa shape index (κ1) is 15.9. The zero-order valence-corrected chi connectivity index (χ0v) is 13.9. The fraction of sp³-hybridized carbons (Fsp3) is 0.647. The number of rotatable bonds is 7. The first-order valence-corrected chi connectivity index (χ1v) is 8.47. The summed E-state index contributed by atoms with van der Waals surface area (Å²) in [5, 5.41) is 4.33. The zero-order valence-electron chi connectivity index (χ0n) is 13.1. The van der Waals surface area contributed by atoms with E-state index in [9.17, 15) is 0 Å². The van der Waals surface area contributed by atoms with Crippen LogP contribution in [0.25, 0.3) is 0 Å². The second kappa shape index (κ2) is 6.97. The average molecular weight is 293 g/mol. The van der Waals surface area contributed by atoms with E-state index in [0.717, 1.165) is 13.0 Å². The number of thioether (sulfide) groups is 1. The molecule has 1 aliphatic heterocycles. The maximum absolute atomic E-state index is 5.56. The molecule has 2 atom stereocenters. The van der Waals surface area contributed by atoms with Crippen LogP contribution in [0.1, 0.15) is 39.2 Å². The molecule has 1 aliphatic rings. The van der Waals surface area contributed by atoms with Crippen molar-refractivity contribution in [2.24, 2.45) is 0 Å². The van der Waals surface area contributed by atoms with Gasteiger partial charge in [0.1, 0.15) is 0 Å². The van der Waals surface area contributed by atoms with E-state index in [-0.39, 0.29) is 5.60 Å². The van der Waals surface area contributed by atoms with Gasteiger partial charge in [-0.15, -0.1) is 11.8 Å². The van der Waals surface area contributed by atoms with Crippen LogP contribution < -0.4 is 5.32 Å². The highest BCUT2D eigenvalue weighted by Crippen LogP contribution is 2.39. The molecule has 2 unspecified atom stereocenters. The maximum Gasteiger partial charge on any atom is 0.0623 e. The van der Waals surface area contributed by atoms with Gasteiger partial charge in [-0.2, -0.15) is 0 Å². The van der Waals surface area contributed by atoms with Crippen molar-refractivity contribution in [3.63, 3.8) is 0 Å². The molecule has 3 heteroatoms. The molecule has 0 aliphatic carbocycles. The van der Waals surface area contributed by atoms with Crippen LogP contribution in [0.3, 0.4) is 0 Å². The van der Waals surface area contributed by atoms with Crippen LogP contribution in [0.4, 0.5) is 0 Å². The van der Waals surface area contributed by atoms with Crippen LogP contribution in [0, 0.1) is 0 Å². The molecule has 0 bridgehead atoms. The molecular formula is C17H27NOS. The Labute approximate surface area is 127 Å². The lowest BCUT2D eigenvalue weighted by Gasteiger charge is -2.29. The van der Waals surface area contributed by atoms with Crippen molar-refractivity contribution in [3.05, 3.63) is 29.8 Å². The Balaban J connectivity index is 1.97. The summed E-state index contributed by atoms with van der Waals surface area (Å²) in [5.41, 5.74) is 1.49. The van der Waals surface area contributed by atoms with Crippen molar-refractivity contribution in [2.45, 2.75) is 61.8 Å². The molecule has 1 aromatic carbocycles. The van der Waals surface area contributed by atoms with Crippen LogP contribution in [0.2, 0.25) is 0 Å². The molecule has 112 valence electrons. The third-order valence-corrected chi connectivity index (χ3v) is 5.65. The molecule has 1 heterocycles. The highest BCUT2D eigenvalue weighted by Gasteiger charge is 2.30. The minimum Gasteiger partial charge on any atom is -0.379 e. The monoisotopic (exact) mass is 293 g/mol. The number of hydrogen-bond donors (Lipinski definition) is 1. The van der Waals surface area contributed by atoms with Crippen molar-refractivity contribution in [2.75, 3.05) is 13.7 Å². The lowest BCUT2D eigenvalue weighted by Crippen LogP contribution is -2.39. The summed E-state index contributed by atoms with van der Waals surface area (Å²) in [6, 6.07) is 9.38. The molecule has 0 saturated heterocycles. The Kier molecular flexibility index (Phi) is 5.53. The van der Waals surface area contributed by atoms with Crippen LogP contribution in [-0.4, -0.2) is 30.5 Å². The van der Waals surface area contributed by atoms with Gasteiger partial charge in [-0.1, -0.05) is 25.1 Å². The first-order valence-electron chi connectivity index (χ1n) is 7.59. The van der Waals surface area contributed by atoms with Gasteiger partial charge in [-0.05, 0) is 51.3 Å². The number of fused-ring (bicyclic) bond motifs is 1. The highest BCUT2D eigenvalue weighted by atomic mass is 32.2. The van der Waals surface area contributed by atoms with Crippen molar-refractivity contribution >= 4 is 11.8 Å². The molecule has 0 radical (unpaired) electrons. The molecule has 0 aromatic heterocycles. The van der Waals surface area contributed by atoms with Crippen molar-refractivity contribution in [3.8, 4) is 0 Å². The number of nitrogens with one attached hydrogen (secondary N) is 1. The quantitative estimate of drug-likeness (QED) is 0.824. The second-order valence-electron chi connectivity index (χ2n) is 6.13. The minimum absolute atomic E-state index is 0.0240. The zero-order chi connectivity index (χ0) is 14.6. The SMILES string of the molecule is CCNC(CCC(C)(C)OC)C1Cc2ccccc2S1. The van der Waals surface area contributed by atoms with Gasteiger partial charge in [0.05, 0.1) is 5.60 Å². The normalized spacial score (nSPS) is 19.9. The smallest absolute Gasteiger partial charge is 0.0623 e. The summed E-state index contributed by atoms with van der Waals surface area (Å²) in [4.78, 5) is 1.46. The van der Waals surface area contributed by atoms with Gasteiger partial charge < -0.3 is 10.1 Å². The summed E-state index contributed by atoms with van der Waals surface area (Å²) in [6.07, 6.45) is 3.45. The van der Waals surface area contributed by atoms with E-state index in [1.54, 1.807) is 0 Å². The topological polar surface area (TPSA) is 21.3 Å². The van der Waals surface area contributed by atoms with Crippen LogP contribution >= 0.6 is 11.8 Å². The van der Waals surface area contributed by atoms with E-state index in [1.165, 1.54) is 23.3 Å². The van der Waals surface area contributed by atoms with E-state index in [0.29, 0.717) is 11.3 Å². The summed E-state index contributed by atoms with van der Waals surface area (Å²) in [5.74, 6) is 0. The Morgan fingerprint density at radius 3 is 2.80 bits per heavy atom. The van der Waals surface area contributed by atoms with Gasteiger partial charge in [0.15, 0.2) is 0 Å². The lowest BCUT2D eigenvalue weighted by molar-refractivity contribution is 0.0117. The highest BCUT2D eigenvalue weighted by molar-refractivity contribution is 8.00. The molecule has 0 spiro atoms. The molecule has 0 amide bonds. The number of ether oxygens (including phenoxy) is 1. The van der Waals surface area contributed by atoms with Crippen molar-refractivity contribution < 1.29 is 4.74 Å². The number of hydrogen-bond acceptors (Lipinski definition) is 3. The molecule has 2 rings (SSSR count). The Bertz CT molecular complexity index is 408. The van der Waals surface area contributed by atoms with E-state index < -0.39 is 0 Å². The largest absolute Gasteiger partial charge is 0.379 e. The first-order chi connectivity index (χ1) is 9.55. The Morgan fingerprint density at radius 1 is 1.40 bits per heavy atom. The number of benzene rings is 1. The third kappa shape index (κ3) is 4.00. The van der Waals surface area contributed by atoms with Gasteiger partial charge in [0.25, 0.3) is 0 Å². The molecule has 2 nitrogen and oxygen atoms in total. The predicted octanol–water partition coefficient (Wildman–Crippen LogP) is 3.89. The lowest BCUT2D eigenvalue weighted by atomic mass is 9.95. The predicted molar refractivity (Wildman–Crippen MR) is 87.6 cm³/mol. The number of methoxy groups -OCH3 is 1.